The number of amides is 1. The van der Waals surface area contributed by atoms with Crippen molar-refractivity contribution in [3.63, 3.8) is 0 Å². The summed E-state index contributed by atoms with van der Waals surface area (Å²) in [5, 5.41) is 12.0. The second-order valence-electron chi connectivity index (χ2n) is 5.82. The molecule has 0 atom stereocenters. The highest BCUT2D eigenvalue weighted by Gasteiger charge is 2.16. The van der Waals surface area contributed by atoms with E-state index in [0.717, 1.165) is 29.2 Å². The standard InChI is InChI=1S/C18H18N4O3S/c1-2-22-17(13-5-7-24-10-13)20-21-18(22)26-11-16(23)19-14-4-3-12-6-8-25-15(12)9-14/h3-5,7,9-10H,2,6,8,11H2,1H3,(H,19,23). The Kier molecular flexibility index (Phi) is 4.66. The van der Waals surface area contributed by atoms with Crippen LogP contribution in [0.3, 0.4) is 0 Å². The van der Waals surface area contributed by atoms with Gasteiger partial charge in [-0.25, -0.2) is 0 Å². The maximum Gasteiger partial charge on any atom is 0.234 e. The molecule has 0 fully saturated rings. The van der Waals surface area contributed by atoms with Gasteiger partial charge in [0.1, 0.15) is 12.0 Å². The second kappa shape index (κ2) is 7.25. The van der Waals surface area contributed by atoms with Gasteiger partial charge in [-0.3, -0.25) is 4.79 Å². The highest BCUT2D eigenvalue weighted by molar-refractivity contribution is 7.99. The summed E-state index contributed by atoms with van der Waals surface area (Å²) in [6.07, 6.45) is 4.16. The van der Waals surface area contributed by atoms with Crippen LogP contribution >= 0.6 is 11.8 Å². The average Bonchev–Trinajstić information content (AvgIpc) is 3.38. The van der Waals surface area contributed by atoms with Gasteiger partial charge >= 0.3 is 0 Å². The van der Waals surface area contributed by atoms with E-state index >= 15 is 0 Å². The molecule has 4 rings (SSSR count). The van der Waals surface area contributed by atoms with Gasteiger partial charge in [0.05, 0.1) is 24.2 Å². The van der Waals surface area contributed by atoms with Crippen LogP contribution in [0.1, 0.15) is 12.5 Å². The number of ether oxygens (including phenoxy) is 1. The molecule has 0 spiro atoms. The number of carbonyl (C=O) groups excluding carboxylic acids is 1. The molecule has 0 unspecified atom stereocenters. The lowest BCUT2D eigenvalue weighted by atomic mass is 10.1. The van der Waals surface area contributed by atoms with Crippen LogP contribution < -0.4 is 10.1 Å². The highest BCUT2D eigenvalue weighted by atomic mass is 32.2. The van der Waals surface area contributed by atoms with E-state index in [2.05, 4.69) is 15.5 Å². The van der Waals surface area contributed by atoms with Crippen LogP contribution in [0.2, 0.25) is 0 Å². The van der Waals surface area contributed by atoms with Gasteiger partial charge in [0.2, 0.25) is 5.91 Å². The number of aromatic nitrogens is 3. The summed E-state index contributed by atoms with van der Waals surface area (Å²) >= 11 is 1.36. The van der Waals surface area contributed by atoms with E-state index in [9.17, 15) is 4.79 Å². The summed E-state index contributed by atoms with van der Waals surface area (Å²) < 4.78 is 12.6. The zero-order chi connectivity index (χ0) is 17.9. The Labute approximate surface area is 154 Å². The lowest BCUT2D eigenvalue weighted by molar-refractivity contribution is -0.113. The van der Waals surface area contributed by atoms with Crippen molar-refractivity contribution in [3.8, 4) is 17.1 Å². The highest BCUT2D eigenvalue weighted by Crippen LogP contribution is 2.29. The summed E-state index contributed by atoms with van der Waals surface area (Å²) in [5.74, 6) is 1.75. The summed E-state index contributed by atoms with van der Waals surface area (Å²) in [5.41, 5.74) is 2.79. The van der Waals surface area contributed by atoms with Crippen molar-refractivity contribution >= 4 is 23.4 Å². The maximum absolute atomic E-state index is 12.3. The fourth-order valence-electron chi connectivity index (χ4n) is 2.86. The minimum Gasteiger partial charge on any atom is -0.493 e. The molecule has 1 aliphatic rings. The Hall–Kier alpha value is -2.74. The van der Waals surface area contributed by atoms with Crippen LogP contribution in [0.15, 0.2) is 46.4 Å². The van der Waals surface area contributed by atoms with Gasteiger partial charge in [0.15, 0.2) is 11.0 Å². The van der Waals surface area contributed by atoms with Crippen LogP contribution in [0.25, 0.3) is 11.4 Å². The van der Waals surface area contributed by atoms with Crippen molar-refractivity contribution in [2.24, 2.45) is 0 Å². The number of thioether (sulfide) groups is 1. The Bertz CT molecular complexity index is 921. The predicted octanol–water partition coefficient (Wildman–Crippen LogP) is 3.22. The summed E-state index contributed by atoms with van der Waals surface area (Å²) in [7, 11) is 0. The number of hydrogen-bond donors (Lipinski definition) is 1. The molecule has 2 aromatic heterocycles. The van der Waals surface area contributed by atoms with Crippen LogP contribution in [0, 0.1) is 0 Å². The first kappa shape index (κ1) is 16.7. The van der Waals surface area contributed by atoms with E-state index < -0.39 is 0 Å². The van der Waals surface area contributed by atoms with Crippen molar-refractivity contribution in [2.45, 2.75) is 25.0 Å². The van der Waals surface area contributed by atoms with Gasteiger partial charge in [0.25, 0.3) is 0 Å². The monoisotopic (exact) mass is 370 g/mol. The number of carbonyl (C=O) groups is 1. The minimum absolute atomic E-state index is 0.0940. The first-order chi connectivity index (χ1) is 12.7. The molecule has 134 valence electrons. The van der Waals surface area contributed by atoms with Gasteiger partial charge in [0, 0.05) is 24.7 Å². The normalized spacial score (nSPS) is 12.7. The van der Waals surface area contributed by atoms with Crippen molar-refractivity contribution < 1.29 is 13.9 Å². The van der Waals surface area contributed by atoms with Gasteiger partial charge in [-0.2, -0.15) is 0 Å². The molecule has 0 bridgehead atoms. The van der Waals surface area contributed by atoms with E-state index in [-0.39, 0.29) is 11.7 Å². The molecule has 3 heterocycles. The van der Waals surface area contributed by atoms with E-state index in [4.69, 9.17) is 9.15 Å². The largest absolute Gasteiger partial charge is 0.493 e. The zero-order valence-electron chi connectivity index (χ0n) is 14.3. The molecular weight excluding hydrogens is 352 g/mol. The van der Waals surface area contributed by atoms with Gasteiger partial charge < -0.3 is 19.0 Å². The predicted molar refractivity (Wildman–Crippen MR) is 98.4 cm³/mol. The Morgan fingerprint density at radius 1 is 1.35 bits per heavy atom. The molecule has 0 aliphatic carbocycles. The number of nitrogens with one attached hydrogen (secondary N) is 1. The first-order valence-electron chi connectivity index (χ1n) is 8.38. The van der Waals surface area contributed by atoms with Crippen molar-refractivity contribution in [1.82, 2.24) is 14.8 Å². The Morgan fingerprint density at radius 2 is 2.27 bits per heavy atom. The molecule has 1 aliphatic heterocycles. The summed E-state index contributed by atoms with van der Waals surface area (Å²) in [6, 6.07) is 7.61. The lowest BCUT2D eigenvalue weighted by Crippen LogP contribution is -2.14. The molecule has 0 radical (unpaired) electrons. The number of hydrogen-bond acceptors (Lipinski definition) is 6. The zero-order valence-corrected chi connectivity index (χ0v) is 15.1. The van der Waals surface area contributed by atoms with E-state index in [1.807, 2.05) is 35.8 Å². The van der Waals surface area contributed by atoms with Gasteiger partial charge in [-0.05, 0) is 24.6 Å². The molecule has 8 heteroatoms. The van der Waals surface area contributed by atoms with E-state index in [0.29, 0.717) is 18.3 Å². The Morgan fingerprint density at radius 3 is 3.08 bits per heavy atom. The number of furan rings is 1. The SMILES string of the molecule is CCn1c(SCC(=O)Nc2ccc3c(c2)OCC3)nnc1-c1ccoc1. The van der Waals surface area contributed by atoms with Crippen molar-refractivity contribution in [1.29, 1.82) is 0 Å². The smallest absolute Gasteiger partial charge is 0.234 e. The molecule has 1 N–H and O–H groups in total. The van der Waals surface area contributed by atoms with Crippen molar-refractivity contribution in [2.75, 3.05) is 17.7 Å². The molecule has 1 amide bonds. The average molecular weight is 370 g/mol. The van der Waals surface area contributed by atoms with Crippen LogP contribution in [-0.4, -0.2) is 33.0 Å². The molecule has 0 saturated heterocycles. The molecule has 3 aromatic rings. The quantitative estimate of drug-likeness (QED) is 0.671. The number of nitrogens with zero attached hydrogens (tertiary/aromatic N) is 3. The first-order valence-corrected chi connectivity index (χ1v) is 9.37. The van der Waals surface area contributed by atoms with E-state index in [1.165, 1.54) is 17.3 Å². The van der Waals surface area contributed by atoms with Crippen LogP contribution in [-0.2, 0) is 17.8 Å². The number of benzene rings is 1. The minimum atomic E-state index is -0.0940. The van der Waals surface area contributed by atoms with E-state index in [1.54, 1.807) is 12.5 Å². The third kappa shape index (κ3) is 3.32. The number of fused-ring (bicyclic) bond motifs is 1. The molecule has 0 saturated carbocycles. The third-order valence-corrected chi connectivity index (χ3v) is 5.09. The lowest BCUT2D eigenvalue weighted by Gasteiger charge is -2.08. The van der Waals surface area contributed by atoms with Gasteiger partial charge in [-0.15, -0.1) is 10.2 Å². The second-order valence-corrected chi connectivity index (χ2v) is 6.76. The maximum atomic E-state index is 12.3. The van der Waals surface area contributed by atoms with Crippen LogP contribution in [0.5, 0.6) is 5.75 Å². The van der Waals surface area contributed by atoms with Crippen LogP contribution in [0.4, 0.5) is 5.69 Å². The Balaban J connectivity index is 1.40. The number of rotatable bonds is 6. The molecule has 1 aromatic carbocycles. The van der Waals surface area contributed by atoms with Gasteiger partial charge in [-0.1, -0.05) is 17.8 Å². The third-order valence-electron chi connectivity index (χ3n) is 4.12. The fraction of sp³-hybridized carbons (Fsp3) is 0.278. The number of anilines is 1. The summed E-state index contributed by atoms with van der Waals surface area (Å²) in [4.78, 5) is 12.3. The molecule has 26 heavy (non-hydrogen) atoms. The van der Waals surface area contributed by atoms with Crippen molar-refractivity contribution in [3.05, 3.63) is 42.4 Å². The molecule has 7 nitrogen and oxygen atoms in total. The fourth-order valence-corrected chi connectivity index (χ4v) is 3.66. The summed E-state index contributed by atoms with van der Waals surface area (Å²) in [6.45, 7) is 3.43. The molecular formula is C18H18N4O3S. The topological polar surface area (TPSA) is 82.2 Å².